The maximum Gasteiger partial charge on any atom is 0.170 e. The molecule has 6 nitrogen and oxygen atoms in total. The highest BCUT2D eigenvalue weighted by atomic mass is 16.5. The summed E-state index contributed by atoms with van der Waals surface area (Å²) in [4.78, 5) is 2.52. The van der Waals surface area contributed by atoms with Gasteiger partial charge in [-0.2, -0.15) is 5.10 Å². The maximum absolute atomic E-state index is 5.48. The van der Waals surface area contributed by atoms with Gasteiger partial charge in [-0.1, -0.05) is 23.7 Å². The molecule has 3 aromatic rings. The monoisotopic (exact) mass is 352 g/mol. The lowest BCUT2D eigenvalue weighted by Crippen LogP contribution is -2.33. The van der Waals surface area contributed by atoms with E-state index in [2.05, 4.69) is 32.4 Å². The van der Waals surface area contributed by atoms with Crippen LogP contribution in [-0.2, 0) is 6.54 Å². The zero-order valence-corrected chi connectivity index (χ0v) is 15.2. The second kappa shape index (κ2) is 7.33. The van der Waals surface area contributed by atoms with E-state index in [0.29, 0.717) is 6.04 Å². The summed E-state index contributed by atoms with van der Waals surface area (Å²) in [7, 11) is 1.70. The minimum Gasteiger partial charge on any atom is -0.497 e. The zero-order chi connectivity index (χ0) is 17.9. The number of hydrogen-bond donors (Lipinski definition) is 1. The third-order valence-corrected chi connectivity index (χ3v) is 5.05. The van der Waals surface area contributed by atoms with Gasteiger partial charge >= 0.3 is 0 Å². The van der Waals surface area contributed by atoms with E-state index in [-0.39, 0.29) is 0 Å². The normalized spacial score (nSPS) is 18.2. The van der Waals surface area contributed by atoms with Crippen LogP contribution in [0.2, 0.25) is 0 Å². The molecule has 0 amide bonds. The van der Waals surface area contributed by atoms with Gasteiger partial charge in [0.25, 0.3) is 0 Å². The van der Waals surface area contributed by atoms with Crippen LogP contribution in [0.3, 0.4) is 0 Å². The summed E-state index contributed by atoms with van der Waals surface area (Å²) < 4.78 is 10.7. The number of likely N-dealkylation sites (tertiary alicyclic amines) is 1. The summed E-state index contributed by atoms with van der Waals surface area (Å²) in [5, 5.41) is 11.5. The highest BCUT2D eigenvalue weighted by molar-refractivity contribution is 5.60. The fourth-order valence-electron chi connectivity index (χ4n) is 3.71. The highest BCUT2D eigenvalue weighted by Gasteiger charge is 2.28. The number of H-pyrrole nitrogens is 1. The average molecular weight is 352 g/mol. The van der Waals surface area contributed by atoms with E-state index in [1.807, 2.05) is 31.3 Å². The minimum absolute atomic E-state index is 0.300. The first-order valence-corrected chi connectivity index (χ1v) is 9.08. The minimum atomic E-state index is 0.300. The van der Waals surface area contributed by atoms with Crippen LogP contribution in [0.1, 0.15) is 42.3 Å². The number of nitrogens with zero attached hydrogens (tertiary/aromatic N) is 3. The molecule has 0 aliphatic carbocycles. The Bertz CT molecular complexity index is 853. The van der Waals surface area contributed by atoms with Crippen molar-refractivity contribution < 1.29 is 9.26 Å². The summed E-state index contributed by atoms with van der Waals surface area (Å²) in [6.45, 7) is 3.91. The maximum atomic E-state index is 5.48. The Kier molecular flexibility index (Phi) is 4.75. The van der Waals surface area contributed by atoms with Crippen LogP contribution in [-0.4, -0.2) is 33.9 Å². The third kappa shape index (κ3) is 3.37. The number of ether oxygens (including phenoxy) is 1. The average Bonchev–Trinajstić information content (AvgIpc) is 3.31. The Hall–Kier alpha value is -2.60. The van der Waals surface area contributed by atoms with Crippen molar-refractivity contribution in [3.8, 4) is 17.1 Å². The molecule has 1 saturated heterocycles. The number of nitrogens with one attached hydrogen (secondary N) is 1. The largest absolute Gasteiger partial charge is 0.497 e. The van der Waals surface area contributed by atoms with Crippen LogP contribution >= 0.6 is 0 Å². The van der Waals surface area contributed by atoms with Crippen molar-refractivity contribution in [2.24, 2.45) is 0 Å². The van der Waals surface area contributed by atoms with Gasteiger partial charge in [-0.05, 0) is 44.0 Å². The van der Waals surface area contributed by atoms with Crippen LogP contribution in [0.25, 0.3) is 11.3 Å². The lowest BCUT2D eigenvalue weighted by atomic mass is 9.95. The molecule has 6 heteroatoms. The van der Waals surface area contributed by atoms with E-state index in [9.17, 15) is 0 Å². The summed E-state index contributed by atoms with van der Waals surface area (Å²) >= 11 is 0. The van der Waals surface area contributed by atoms with Crippen molar-refractivity contribution in [2.45, 2.75) is 38.8 Å². The van der Waals surface area contributed by atoms with Crippen molar-refractivity contribution in [1.29, 1.82) is 0 Å². The highest BCUT2D eigenvalue weighted by Crippen LogP contribution is 2.36. The lowest BCUT2D eigenvalue weighted by Gasteiger charge is -2.35. The smallest absolute Gasteiger partial charge is 0.170 e. The second-order valence-corrected chi connectivity index (χ2v) is 6.86. The van der Waals surface area contributed by atoms with Crippen LogP contribution in [0, 0.1) is 6.92 Å². The number of aryl methyl sites for hydroxylation is 1. The van der Waals surface area contributed by atoms with Gasteiger partial charge < -0.3 is 9.26 Å². The molecule has 26 heavy (non-hydrogen) atoms. The summed E-state index contributed by atoms with van der Waals surface area (Å²) in [5.74, 6) is 1.67. The molecule has 3 heterocycles. The second-order valence-electron chi connectivity index (χ2n) is 6.86. The number of piperidine rings is 1. The van der Waals surface area contributed by atoms with Gasteiger partial charge in [-0.25, -0.2) is 0 Å². The molecular formula is C20H24N4O2. The van der Waals surface area contributed by atoms with Crippen molar-refractivity contribution in [1.82, 2.24) is 20.3 Å². The molecule has 1 fully saturated rings. The lowest BCUT2D eigenvalue weighted by molar-refractivity contribution is 0.137. The molecule has 4 rings (SSSR count). The van der Waals surface area contributed by atoms with Crippen molar-refractivity contribution in [3.05, 3.63) is 53.5 Å². The number of aromatic nitrogens is 3. The first-order valence-electron chi connectivity index (χ1n) is 9.08. The Morgan fingerprint density at radius 1 is 1.27 bits per heavy atom. The fourth-order valence-corrected chi connectivity index (χ4v) is 3.71. The summed E-state index contributed by atoms with van der Waals surface area (Å²) in [6, 6.07) is 10.6. The zero-order valence-electron chi connectivity index (χ0n) is 15.2. The Balaban J connectivity index is 1.59. The van der Waals surface area contributed by atoms with Gasteiger partial charge in [0.2, 0.25) is 0 Å². The Morgan fingerprint density at radius 2 is 2.12 bits per heavy atom. The number of benzene rings is 1. The molecular weight excluding hydrogens is 328 g/mol. The van der Waals surface area contributed by atoms with Gasteiger partial charge in [0.05, 0.1) is 36.3 Å². The van der Waals surface area contributed by atoms with E-state index in [1.165, 1.54) is 18.4 Å². The number of hydrogen-bond acceptors (Lipinski definition) is 5. The first kappa shape index (κ1) is 16.8. The number of aromatic amines is 1. The topological polar surface area (TPSA) is 67.2 Å². The molecule has 0 saturated carbocycles. The fraction of sp³-hybridized carbons (Fsp3) is 0.400. The van der Waals surface area contributed by atoms with Gasteiger partial charge in [-0.15, -0.1) is 0 Å². The van der Waals surface area contributed by atoms with Crippen LogP contribution in [0.5, 0.6) is 5.75 Å². The van der Waals surface area contributed by atoms with Crippen LogP contribution in [0.15, 0.2) is 41.1 Å². The van der Waals surface area contributed by atoms with Gasteiger partial charge in [0, 0.05) is 12.6 Å². The molecule has 1 N–H and O–H groups in total. The van der Waals surface area contributed by atoms with Crippen LogP contribution in [0.4, 0.5) is 0 Å². The Morgan fingerprint density at radius 3 is 2.85 bits per heavy atom. The van der Waals surface area contributed by atoms with Crippen LogP contribution < -0.4 is 4.74 Å². The first-order chi connectivity index (χ1) is 12.7. The molecule has 1 atom stereocenters. The van der Waals surface area contributed by atoms with E-state index in [4.69, 9.17) is 9.26 Å². The van der Waals surface area contributed by atoms with Gasteiger partial charge in [-0.3, -0.25) is 10.00 Å². The van der Waals surface area contributed by atoms with Gasteiger partial charge in [0.15, 0.2) is 5.76 Å². The van der Waals surface area contributed by atoms with Crippen molar-refractivity contribution in [2.75, 3.05) is 13.7 Å². The quantitative estimate of drug-likeness (QED) is 0.748. The molecule has 0 radical (unpaired) electrons. The molecule has 2 aromatic heterocycles. The molecule has 1 aromatic carbocycles. The molecule has 0 spiro atoms. The molecule has 0 unspecified atom stereocenters. The third-order valence-electron chi connectivity index (χ3n) is 5.05. The van der Waals surface area contributed by atoms with E-state index in [1.54, 1.807) is 7.11 Å². The van der Waals surface area contributed by atoms with Crippen molar-refractivity contribution in [3.63, 3.8) is 0 Å². The summed E-state index contributed by atoms with van der Waals surface area (Å²) in [6.07, 6.45) is 5.39. The van der Waals surface area contributed by atoms with Gasteiger partial charge in [0.1, 0.15) is 5.75 Å². The van der Waals surface area contributed by atoms with Crippen molar-refractivity contribution >= 4 is 0 Å². The SMILES string of the molecule is COc1ccc(CN2CCCC[C@H]2c2[nH]ncc2-c2cc(C)no2)cc1. The molecule has 136 valence electrons. The molecule has 0 bridgehead atoms. The summed E-state index contributed by atoms with van der Waals surface area (Å²) in [5.41, 5.74) is 4.30. The van der Waals surface area contributed by atoms with E-state index >= 15 is 0 Å². The molecule has 1 aliphatic heterocycles. The predicted molar refractivity (Wildman–Crippen MR) is 98.8 cm³/mol. The van der Waals surface area contributed by atoms with E-state index < -0.39 is 0 Å². The number of rotatable bonds is 5. The predicted octanol–water partition coefficient (Wildman–Crippen LogP) is 4.11. The van der Waals surface area contributed by atoms with E-state index in [0.717, 1.165) is 48.0 Å². The molecule has 1 aliphatic rings. The standard InChI is InChI=1S/C20H24N4O2/c1-14-11-19(26-23-14)17-12-21-22-20(17)18-5-3-4-10-24(18)13-15-6-8-16(25-2)9-7-15/h6-9,11-12,18H,3-5,10,13H2,1-2H3,(H,21,22)/t18-/m0/s1. The number of methoxy groups -OCH3 is 1. The Labute approximate surface area is 153 Å².